The third kappa shape index (κ3) is 3.89. The van der Waals surface area contributed by atoms with Crippen molar-refractivity contribution in [3.63, 3.8) is 0 Å². The largest absolute Gasteiger partial charge is 0.325 e. The number of nitrogens with one attached hydrogen (secondary N) is 1. The zero-order valence-corrected chi connectivity index (χ0v) is 16.4. The number of nitrogens with zero attached hydrogens (tertiary/aromatic N) is 4. The summed E-state index contributed by atoms with van der Waals surface area (Å²) in [7, 11) is 0. The van der Waals surface area contributed by atoms with Crippen molar-refractivity contribution in [1.82, 2.24) is 19.8 Å². The Morgan fingerprint density at radius 3 is 2.57 bits per heavy atom. The van der Waals surface area contributed by atoms with E-state index in [1.54, 1.807) is 4.52 Å². The molecule has 0 saturated heterocycles. The monoisotopic (exact) mass is 389 g/mol. The van der Waals surface area contributed by atoms with E-state index in [9.17, 15) is 4.79 Å². The van der Waals surface area contributed by atoms with E-state index in [4.69, 9.17) is 0 Å². The fraction of sp³-hybridized carbons (Fsp3) is 0.143. The number of carbonyl (C=O) groups is 1. The molecule has 0 saturated carbocycles. The number of fused-ring (bicyclic) bond motifs is 1. The quantitative estimate of drug-likeness (QED) is 0.520. The second-order valence-electron chi connectivity index (χ2n) is 6.49. The van der Waals surface area contributed by atoms with Crippen molar-refractivity contribution in [3.05, 3.63) is 71.8 Å². The van der Waals surface area contributed by atoms with Crippen molar-refractivity contribution >= 4 is 29.0 Å². The zero-order chi connectivity index (χ0) is 19.5. The summed E-state index contributed by atoms with van der Waals surface area (Å²) >= 11 is 1.31. The third-order valence-corrected chi connectivity index (χ3v) is 5.25. The highest BCUT2D eigenvalue weighted by Gasteiger charge is 2.12. The molecule has 0 aliphatic rings. The first kappa shape index (κ1) is 18.2. The van der Waals surface area contributed by atoms with Gasteiger partial charge in [-0.05, 0) is 37.6 Å². The van der Waals surface area contributed by atoms with Crippen LogP contribution in [-0.4, -0.2) is 31.5 Å². The molecule has 0 fully saturated rings. The Morgan fingerprint density at radius 1 is 1.00 bits per heavy atom. The van der Waals surface area contributed by atoms with Crippen LogP contribution in [0.15, 0.2) is 65.8 Å². The number of rotatable bonds is 5. The third-order valence-electron chi connectivity index (χ3n) is 4.33. The zero-order valence-electron chi connectivity index (χ0n) is 15.6. The molecule has 140 valence electrons. The smallest absolute Gasteiger partial charge is 0.234 e. The van der Waals surface area contributed by atoms with Gasteiger partial charge in [0.1, 0.15) is 0 Å². The molecule has 0 atom stereocenters. The molecule has 2 aromatic heterocycles. The molecule has 0 spiro atoms. The van der Waals surface area contributed by atoms with Crippen LogP contribution in [-0.2, 0) is 4.79 Å². The van der Waals surface area contributed by atoms with Gasteiger partial charge in [-0.1, -0.05) is 59.8 Å². The van der Waals surface area contributed by atoms with Crippen molar-refractivity contribution in [3.8, 4) is 11.3 Å². The lowest BCUT2D eigenvalue weighted by Gasteiger charge is -2.07. The Morgan fingerprint density at radius 2 is 1.79 bits per heavy atom. The van der Waals surface area contributed by atoms with Gasteiger partial charge in [0.25, 0.3) is 0 Å². The van der Waals surface area contributed by atoms with Crippen molar-refractivity contribution in [2.24, 2.45) is 0 Å². The number of aryl methyl sites for hydroxylation is 2. The van der Waals surface area contributed by atoms with Gasteiger partial charge in [-0.3, -0.25) is 4.79 Å². The van der Waals surface area contributed by atoms with E-state index >= 15 is 0 Å². The summed E-state index contributed by atoms with van der Waals surface area (Å²) in [6.45, 7) is 4.02. The Kier molecular flexibility index (Phi) is 5.08. The molecule has 4 aromatic rings. The Labute approximate surface area is 167 Å². The van der Waals surface area contributed by atoms with Gasteiger partial charge < -0.3 is 5.32 Å². The minimum atomic E-state index is -0.0919. The highest BCUT2D eigenvalue weighted by molar-refractivity contribution is 7.99. The molecule has 4 rings (SSSR count). The summed E-state index contributed by atoms with van der Waals surface area (Å²) in [4.78, 5) is 12.3. The van der Waals surface area contributed by atoms with Gasteiger partial charge in [0.15, 0.2) is 5.65 Å². The van der Waals surface area contributed by atoms with Gasteiger partial charge in [-0.2, -0.15) is 9.61 Å². The molecule has 7 heteroatoms. The number of carbonyl (C=O) groups excluding carboxylic acids is 1. The number of amides is 1. The van der Waals surface area contributed by atoms with Crippen LogP contribution in [0.3, 0.4) is 0 Å². The molecular formula is C21H19N5OS. The lowest BCUT2D eigenvalue weighted by atomic mass is 10.1. The first-order chi connectivity index (χ1) is 13.6. The van der Waals surface area contributed by atoms with Crippen LogP contribution in [0.2, 0.25) is 0 Å². The Balaban J connectivity index is 1.51. The lowest BCUT2D eigenvalue weighted by Crippen LogP contribution is -2.15. The van der Waals surface area contributed by atoms with E-state index in [1.165, 1.54) is 17.3 Å². The van der Waals surface area contributed by atoms with Gasteiger partial charge in [0.2, 0.25) is 11.1 Å². The van der Waals surface area contributed by atoms with Crippen LogP contribution < -0.4 is 5.32 Å². The van der Waals surface area contributed by atoms with E-state index < -0.39 is 0 Å². The first-order valence-electron chi connectivity index (χ1n) is 8.88. The van der Waals surface area contributed by atoms with E-state index in [1.807, 2.05) is 55.5 Å². The van der Waals surface area contributed by atoms with E-state index in [0.29, 0.717) is 10.8 Å². The van der Waals surface area contributed by atoms with Crippen molar-refractivity contribution in [1.29, 1.82) is 0 Å². The van der Waals surface area contributed by atoms with Crippen LogP contribution in [0, 0.1) is 13.8 Å². The van der Waals surface area contributed by atoms with Gasteiger partial charge in [-0.25, -0.2) is 0 Å². The average molecular weight is 389 g/mol. The van der Waals surface area contributed by atoms with E-state index in [0.717, 1.165) is 22.5 Å². The van der Waals surface area contributed by atoms with Gasteiger partial charge >= 0.3 is 0 Å². The van der Waals surface area contributed by atoms with Gasteiger partial charge in [0, 0.05) is 11.3 Å². The number of benzene rings is 2. The summed E-state index contributed by atoms with van der Waals surface area (Å²) in [5, 5.41) is 16.5. The molecule has 2 aromatic carbocycles. The molecule has 1 N–H and O–H groups in total. The minimum absolute atomic E-state index is 0.0919. The van der Waals surface area contributed by atoms with Crippen LogP contribution in [0.4, 0.5) is 5.69 Å². The number of aromatic nitrogens is 4. The summed E-state index contributed by atoms with van der Waals surface area (Å²) in [6.07, 6.45) is 0. The molecule has 0 aliphatic carbocycles. The number of thioether (sulfide) groups is 1. The van der Waals surface area contributed by atoms with Crippen LogP contribution in [0.5, 0.6) is 0 Å². The maximum absolute atomic E-state index is 12.3. The summed E-state index contributed by atoms with van der Waals surface area (Å²) in [5.41, 5.74) is 5.55. The minimum Gasteiger partial charge on any atom is -0.325 e. The maximum Gasteiger partial charge on any atom is 0.234 e. The fourth-order valence-electron chi connectivity index (χ4n) is 2.77. The summed E-state index contributed by atoms with van der Waals surface area (Å²) in [6, 6.07) is 19.7. The standard InChI is InChI=1S/C21H19N5OS/c1-14-7-9-16(10-8-14)18-11-12-19-23-24-21(26(19)25-18)28-13-20(27)22-17-6-4-3-5-15(17)2/h3-12H,13H2,1-2H3,(H,22,27). The molecular weight excluding hydrogens is 370 g/mol. The molecule has 6 nitrogen and oxygen atoms in total. The van der Waals surface area contributed by atoms with Crippen molar-refractivity contribution in [2.45, 2.75) is 19.0 Å². The van der Waals surface area contributed by atoms with Gasteiger partial charge in [-0.15, -0.1) is 10.2 Å². The SMILES string of the molecule is Cc1ccc(-c2ccc3nnc(SCC(=O)Nc4ccccc4C)n3n2)cc1. The van der Waals surface area contributed by atoms with Crippen LogP contribution in [0.25, 0.3) is 16.9 Å². The van der Waals surface area contributed by atoms with Crippen molar-refractivity contribution < 1.29 is 4.79 Å². The average Bonchev–Trinajstić information content (AvgIpc) is 3.11. The fourth-order valence-corrected chi connectivity index (χ4v) is 3.45. The number of anilines is 1. The molecule has 1 amide bonds. The molecule has 0 bridgehead atoms. The van der Waals surface area contributed by atoms with Crippen LogP contribution in [0.1, 0.15) is 11.1 Å². The molecule has 28 heavy (non-hydrogen) atoms. The summed E-state index contributed by atoms with van der Waals surface area (Å²) < 4.78 is 1.68. The molecule has 0 aliphatic heterocycles. The number of hydrogen-bond acceptors (Lipinski definition) is 5. The highest BCUT2D eigenvalue weighted by atomic mass is 32.2. The first-order valence-corrected chi connectivity index (χ1v) is 9.86. The normalized spacial score (nSPS) is 10.9. The molecule has 0 radical (unpaired) electrons. The predicted octanol–water partition coefficient (Wildman–Crippen LogP) is 4.14. The lowest BCUT2D eigenvalue weighted by molar-refractivity contribution is -0.113. The molecule has 0 unspecified atom stereocenters. The van der Waals surface area contributed by atoms with Crippen LogP contribution >= 0.6 is 11.8 Å². The maximum atomic E-state index is 12.3. The topological polar surface area (TPSA) is 72.2 Å². The predicted molar refractivity (Wildman–Crippen MR) is 111 cm³/mol. The van der Waals surface area contributed by atoms with Crippen molar-refractivity contribution in [2.75, 3.05) is 11.1 Å². The molecule has 2 heterocycles. The highest BCUT2D eigenvalue weighted by Crippen LogP contribution is 2.21. The van der Waals surface area contributed by atoms with E-state index in [-0.39, 0.29) is 11.7 Å². The van der Waals surface area contributed by atoms with Gasteiger partial charge in [0.05, 0.1) is 11.4 Å². The second-order valence-corrected chi connectivity index (χ2v) is 7.43. The number of para-hydroxylation sites is 1. The Hall–Kier alpha value is -3.19. The second kappa shape index (κ2) is 7.82. The summed E-state index contributed by atoms with van der Waals surface area (Å²) in [5.74, 6) is 0.136. The van der Waals surface area contributed by atoms with E-state index in [2.05, 4.69) is 39.7 Å². The Bertz CT molecular complexity index is 1140. The number of hydrogen-bond donors (Lipinski definition) is 1.